The van der Waals surface area contributed by atoms with Gasteiger partial charge in [-0.15, -0.1) is 0 Å². The number of pyridine rings is 1. The van der Waals surface area contributed by atoms with Crippen molar-refractivity contribution in [1.29, 1.82) is 0 Å². The van der Waals surface area contributed by atoms with Crippen molar-refractivity contribution in [3.05, 3.63) is 29.6 Å². The summed E-state index contributed by atoms with van der Waals surface area (Å²) in [4.78, 5) is 4.50. The van der Waals surface area contributed by atoms with Gasteiger partial charge in [0.2, 0.25) is 0 Å². The molecule has 1 aromatic heterocycles. The van der Waals surface area contributed by atoms with Gasteiger partial charge in [0.15, 0.2) is 0 Å². The van der Waals surface area contributed by atoms with Crippen molar-refractivity contribution in [2.24, 2.45) is 11.8 Å². The molecule has 3 heteroatoms. The molecule has 0 aliphatic rings. The minimum Gasteiger partial charge on any atom is -0.271 e. The fourth-order valence-corrected chi connectivity index (χ4v) is 2.28. The molecule has 0 saturated heterocycles. The van der Waals surface area contributed by atoms with Crippen molar-refractivity contribution in [1.82, 2.24) is 10.4 Å². The van der Waals surface area contributed by atoms with Gasteiger partial charge < -0.3 is 0 Å². The van der Waals surface area contributed by atoms with Gasteiger partial charge in [-0.1, -0.05) is 39.7 Å². The van der Waals surface area contributed by atoms with Crippen LogP contribution in [0.4, 0.5) is 0 Å². The lowest BCUT2D eigenvalue weighted by molar-refractivity contribution is 0.369. The second kappa shape index (κ2) is 7.41. The van der Waals surface area contributed by atoms with E-state index in [1.165, 1.54) is 18.4 Å². The number of hydrogen-bond donors (Lipinski definition) is 2. The van der Waals surface area contributed by atoms with Gasteiger partial charge in [0.1, 0.15) is 0 Å². The minimum absolute atomic E-state index is 0.177. The number of hydrazine groups is 1. The van der Waals surface area contributed by atoms with E-state index in [9.17, 15) is 0 Å². The van der Waals surface area contributed by atoms with E-state index in [0.717, 1.165) is 18.5 Å². The highest BCUT2D eigenvalue weighted by Gasteiger charge is 2.18. The molecular formula is C14H25N3. The van der Waals surface area contributed by atoms with Gasteiger partial charge in [-0.2, -0.15) is 0 Å². The average Bonchev–Trinajstić information content (AvgIpc) is 2.40. The Bertz CT molecular complexity index is 321. The van der Waals surface area contributed by atoms with E-state index >= 15 is 0 Å². The Morgan fingerprint density at radius 3 is 2.53 bits per heavy atom. The van der Waals surface area contributed by atoms with E-state index in [2.05, 4.69) is 37.2 Å². The number of aromatic nitrogens is 1. The Labute approximate surface area is 105 Å². The molecule has 17 heavy (non-hydrogen) atoms. The number of nitrogens with one attached hydrogen (secondary N) is 1. The van der Waals surface area contributed by atoms with Crippen LogP contribution in [0.5, 0.6) is 0 Å². The van der Waals surface area contributed by atoms with E-state index in [0.29, 0.717) is 5.92 Å². The molecule has 1 rings (SSSR count). The summed E-state index contributed by atoms with van der Waals surface area (Å²) in [7, 11) is 0. The molecule has 3 N–H and O–H groups in total. The van der Waals surface area contributed by atoms with Gasteiger partial charge in [0, 0.05) is 6.20 Å². The molecule has 96 valence electrons. The van der Waals surface area contributed by atoms with Crippen LogP contribution in [0.3, 0.4) is 0 Å². The Hall–Kier alpha value is -0.930. The van der Waals surface area contributed by atoms with Crippen LogP contribution in [-0.2, 0) is 6.42 Å². The van der Waals surface area contributed by atoms with Crippen LogP contribution in [0.1, 0.15) is 57.3 Å². The summed E-state index contributed by atoms with van der Waals surface area (Å²) in [5.41, 5.74) is 5.34. The SMILES string of the molecule is CCc1cccnc1C(CC(CC)CC)NN. The predicted octanol–water partition coefficient (Wildman–Crippen LogP) is 2.97. The zero-order valence-corrected chi connectivity index (χ0v) is 11.2. The normalized spacial score (nSPS) is 13.0. The molecule has 0 fully saturated rings. The monoisotopic (exact) mass is 235 g/mol. The van der Waals surface area contributed by atoms with Gasteiger partial charge >= 0.3 is 0 Å². The fraction of sp³-hybridized carbons (Fsp3) is 0.643. The summed E-state index contributed by atoms with van der Waals surface area (Å²) in [5.74, 6) is 6.41. The van der Waals surface area contributed by atoms with Crippen molar-refractivity contribution in [3.8, 4) is 0 Å². The van der Waals surface area contributed by atoms with Gasteiger partial charge in [-0.25, -0.2) is 0 Å². The highest BCUT2D eigenvalue weighted by atomic mass is 15.2. The number of nitrogens with two attached hydrogens (primary N) is 1. The zero-order valence-electron chi connectivity index (χ0n) is 11.2. The maximum Gasteiger partial charge on any atom is 0.0637 e. The molecule has 1 heterocycles. The van der Waals surface area contributed by atoms with E-state index < -0.39 is 0 Å². The van der Waals surface area contributed by atoms with Crippen molar-refractivity contribution < 1.29 is 0 Å². The maximum absolute atomic E-state index is 5.70. The van der Waals surface area contributed by atoms with Crippen molar-refractivity contribution >= 4 is 0 Å². The second-order valence-corrected chi connectivity index (χ2v) is 4.54. The van der Waals surface area contributed by atoms with Crippen molar-refractivity contribution in [2.75, 3.05) is 0 Å². The molecule has 0 bridgehead atoms. The Morgan fingerprint density at radius 1 is 1.29 bits per heavy atom. The number of aryl methyl sites for hydroxylation is 1. The molecule has 0 aromatic carbocycles. The first kappa shape index (κ1) is 14.1. The molecule has 0 radical (unpaired) electrons. The zero-order chi connectivity index (χ0) is 12.7. The fourth-order valence-electron chi connectivity index (χ4n) is 2.28. The third-order valence-electron chi connectivity index (χ3n) is 3.56. The third-order valence-corrected chi connectivity index (χ3v) is 3.56. The highest BCUT2D eigenvalue weighted by Crippen LogP contribution is 2.25. The van der Waals surface area contributed by atoms with E-state index in [-0.39, 0.29) is 6.04 Å². The van der Waals surface area contributed by atoms with E-state index in [1.54, 1.807) is 0 Å². The quantitative estimate of drug-likeness (QED) is 0.564. The van der Waals surface area contributed by atoms with Crippen LogP contribution >= 0.6 is 0 Å². The lowest BCUT2D eigenvalue weighted by atomic mass is 9.91. The second-order valence-electron chi connectivity index (χ2n) is 4.54. The molecular weight excluding hydrogens is 210 g/mol. The first-order valence-corrected chi connectivity index (χ1v) is 6.66. The molecule has 0 aliphatic carbocycles. The maximum atomic E-state index is 5.70. The molecule has 0 spiro atoms. The first-order valence-electron chi connectivity index (χ1n) is 6.66. The van der Waals surface area contributed by atoms with Gasteiger partial charge in [-0.3, -0.25) is 16.3 Å². The van der Waals surface area contributed by atoms with E-state index in [4.69, 9.17) is 5.84 Å². The average molecular weight is 235 g/mol. The number of hydrogen-bond acceptors (Lipinski definition) is 3. The molecule has 1 unspecified atom stereocenters. The lowest BCUT2D eigenvalue weighted by Crippen LogP contribution is -2.31. The molecule has 0 saturated carbocycles. The van der Waals surface area contributed by atoms with Crippen LogP contribution in [0.25, 0.3) is 0 Å². The summed E-state index contributed by atoms with van der Waals surface area (Å²) in [5, 5.41) is 0. The molecule has 1 atom stereocenters. The van der Waals surface area contributed by atoms with Crippen LogP contribution in [0, 0.1) is 5.92 Å². The highest BCUT2D eigenvalue weighted by molar-refractivity contribution is 5.22. The summed E-state index contributed by atoms with van der Waals surface area (Å²) >= 11 is 0. The third kappa shape index (κ3) is 3.79. The topological polar surface area (TPSA) is 50.9 Å². The summed E-state index contributed by atoms with van der Waals surface area (Å²) < 4.78 is 0. The number of nitrogens with zero attached hydrogens (tertiary/aromatic N) is 1. The largest absolute Gasteiger partial charge is 0.271 e. The minimum atomic E-state index is 0.177. The first-order chi connectivity index (χ1) is 8.26. The van der Waals surface area contributed by atoms with Crippen LogP contribution in [0.2, 0.25) is 0 Å². The summed E-state index contributed by atoms with van der Waals surface area (Å²) in [6, 6.07) is 4.31. The summed E-state index contributed by atoms with van der Waals surface area (Å²) in [6.45, 7) is 6.63. The Balaban J connectivity index is 2.85. The van der Waals surface area contributed by atoms with Crippen LogP contribution < -0.4 is 11.3 Å². The molecule has 0 amide bonds. The van der Waals surface area contributed by atoms with Gasteiger partial charge in [-0.05, 0) is 30.4 Å². The van der Waals surface area contributed by atoms with Gasteiger partial charge in [0.25, 0.3) is 0 Å². The van der Waals surface area contributed by atoms with Crippen LogP contribution in [-0.4, -0.2) is 4.98 Å². The van der Waals surface area contributed by atoms with Gasteiger partial charge in [0.05, 0.1) is 11.7 Å². The van der Waals surface area contributed by atoms with Crippen LogP contribution in [0.15, 0.2) is 18.3 Å². The van der Waals surface area contributed by atoms with Crippen molar-refractivity contribution in [3.63, 3.8) is 0 Å². The van der Waals surface area contributed by atoms with Crippen molar-refractivity contribution in [2.45, 2.75) is 52.5 Å². The van der Waals surface area contributed by atoms with E-state index in [1.807, 2.05) is 12.3 Å². The summed E-state index contributed by atoms with van der Waals surface area (Å²) in [6.07, 6.45) is 6.31. The number of rotatable bonds is 7. The molecule has 3 nitrogen and oxygen atoms in total. The smallest absolute Gasteiger partial charge is 0.0637 e. The Kier molecular flexibility index (Phi) is 6.16. The predicted molar refractivity (Wildman–Crippen MR) is 72.4 cm³/mol. The standard InChI is InChI=1S/C14H25N3/c1-4-11(5-2)10-13(17-15)14-12(6-3)8-7-9-16-14/h7-9,11,13,17H,4-6,10,15H2,1-3H3. The Morgan fingerprint density at radius 2 is 2.00 bits per heavy atom. The molecule has 1 aromatic rings. The lowest BCUT2D eigenvalue weighted by Gasteiger charge is -2.22. The molecule has 0 aliphatic heterocycles.